The Morgan fingerprint density at radius 2 is 1.67 bits per heavy atom. The van der Waals surface area contributed by atoms with Crippen LogP contribution < -0.4 is 5.14 Å². The van der Waals surface area contributed by atoms with Gasteiger partial charge in [0, 0.05) is 6.20 Å². The second kappa shape index (κ2) is 6.59. The van der Waals surface area contributed by atoms with Crippen LogP contribution in [-0.4, -0.2) is 13.4 Å². The molecular weight excluding hydrogens is 358 g/mol. The summed E-state index contributed by atoms with van der Waals surface area (Å²) >= 11 is 0. The molecule has 0 bridgehead atoms. The van der Waals surface area contributed by atoms with Gasteiger partial charge in [0.1, 0.15) is 6.07 Å². The molecule has 0 unspecified atom stereocenters. The molecule has 0 saturated heterocycles. The fourth-order valence-electron chi connectivity index (χ4n) is 4.51. The SMILES string of the molecule is N#Cc1ccc(C2=C(c3ccc(S(N)(=O)=O)cc3)CC3(CCCC3)C2)nc1. The van der Waals surface area contributed by atoms with Crippen LogP contribution in [-0.2, 0) is 10.0 Å². The molecule has 6 heteroatoms. The summed E-state index contributed by atoms with van der Waals surface area (Å²) in [6, 6.07) is 12.6. The number of benzene rings is 1. The van der Waals surface area contributed by atoms with Gasteiger partial charge in [0.05, 0.1) is 16.2 Å². The third-order valence-electron chi connectivity index (χ3n) is 5.87. The van der Waals surface area contributed by atoms with E-state index in [9.17, 15) is 8.42 Å². The number of aromatic nitrogens is 1. The highest BCUT2D eigenvalue weighted by atomic mass is 32.2. The third-order valence-corrected chi connectivity index (χ3v) is 6.79. The van der Waals surface area contributed by atoms with Crippen LogP contribution >= 0.6 is 0 Å². The lowest BCUT2D eigenvalue weighted by Gasteiger charge is -2.23. The molecule has 0 atom stereocenters. The number of nitriles is 1. The molecule has 1 heterocycles. The topological polar surface area (TPSA) is 96.8 Å². The van der Waals surface area contributed by atoms with Crippen LogP contribution in [0.1, 0.15) is 55.3 Å². The van der Waals surface area contributed by atoms with Crippen LogP contribution in [0.2, 0.25) is 0 Å². The summed E-state index contributed by atoms with van der Waals surface area (Å²) < 4.78 is 23.1. The van der Waals surface area contributed by atoms with Gasteiger partial charge < -0.3 is 0 Å². The van der Waals surface area contributed by atoms with Crippen LogP contribution in [0.3, 0.4) is 0 Å². The molecule has 2 N–H and O–H groups in total. The maximum atomic E-state index is 11.5. The number of hydrogen-bond acceptors (Lipinski definition) is 4. The first-order valence-corrected chi connectivity index (χ1v) is 10.7. The van der Waals surface area contributed by atoms with Gasteiger partial charge in [-0.15, -0.1) is 0 Å². The zero-order valence-electron chi connectivity index (χ0n) is 15.0. The summed E-state index contributed by atoms with van der Waals surface area (Å²) in [5.41, 5.74) is 5.21. The quantitative estimate of drug-likeness (QED) is 0.875. The number of sulfonamides is 1. The van der Waals surface area contributed by atoms with Crippen LogP contribution in [0, 0.1) is 16.7 Å². The van der Waals surface area contributed by atoms with Crippen molar-refractivity contribution >= 4 is 21.2 Å². The van der Waals surface area contributed by atoms with Crippen molar-refractivity contribution in [3.05, 3.63) is 59.4 Å². The summed E-state index contributed by atoms with van der Waals surface area (Å²) in [6.45, 7) is 0. The largest absolute Gasteiger partial charge is 0.255 e. The lowest BCUT2D eigenvalue weighted by atomic mass is 9.81. The Labute approximate surface area is 159 Å². The van der Waals surface area contributed by atoms with Gasteiger partial charge in [-0.2, -0.15) is 5.26 Å². The molecule has 1 fully saturated rings. The number of allylic oxidation sites excluding steroid dienone is 2. The highest BCUT2D eigenvalue weighted by Gasteiger charge is 2.41. The van der Waals surface area contributed by atoms with Crippen molar-refractivity contribution in [3.63, 3.8) is 0 Å². The average Bonchev–Trinajstić information content (AvgIpc) is 3.28. The number of nitrogens with two attached hydrogens (primary N) is 1. The van der Waals surface area contributed by atoms with Crippen molar-refractivity contribution < 1.29 is 8.42 Å². The molecule has 0 radical (unpaired) electrons. The van der Waals surface area contributed by atoms with E-state index in [1.807, 2.05) is 18.2 Å². The summed E-state index contributed by atoms with van der Waals surface area (Å²) in [4.78, 5) is 4.65. The van der Waals surface area contributed by atoms with Gasteiger partial charge in [-0.1, -0.05) is 25.0 Å². The van der Waals surface area contributed by atoms with Crippen molar-refractivity contribution in [2.24, 2.45) is 10.6 Å². The van der Waals surface area contributed by atoms with E-state index in [0.717, 1.165) is 24.1 Å². The minimum absolute atomic E-state index is 0.124. The molecule has 27 heavy (non-hydrogen) atoms. The lowest BCUT2D eigenvalue weighted by Crippen LogP contribution is -2.12. The maximum Gasteiger partial charge on any atom is 0.238 e. The summed E-state index contributed by atoms with van der Waals surface area (Å²) in [5, 5.41) is 14.2. The molecule has 1 aromatic carbocycles. The molecule has 5 nitrogen and oxygen atoms in total. The van der Waals surface area contributed by atoms with Crippen molar-refractivity contribution in [1.82, 2.24) is 4.98 Å². The van der Waals surface area contributed by atoms with Crippen molar-refractivity contribution in [3.8, 4) is 6.07 Å². The number of nitrogens with zero attached hydrogens (tertiary/aromatic N) is 2. The molecule has 1 saturated carbocycles. The van der Waals surface area contributed by atoms with E-state index in [4.69, 9.17) is 10.4 Å². The van der Waals surface area contributed by atoms with E-state index in [1.54, 1.807) is 24.4 Å². The van der Waals surface area contributed by atoms with Crippen LogP contribution in [0.25, 0.3) is 11.1 Å². The first-order chi connectivity index (χ1) is 12.9. The predicted octanol–water partition coefficient (Wildman–Crippen LogP) is 3.87. The second-order valence-corrected chi connectivity index (χ2v) is 9.19. The first kappa shape index (κ1) is 17.9. The van der Waals surface area contributed by atoms with Gasteiger partial charge in [0.2, 0.25) is 10.0 Å². The van der Waals surface area contributed by atoms with E-state index in [0.29, 0.717) is 11.0 Å². The average molecular weight is 379 g/mol. The Bertz CT molecular complexity index is 1040. The van der Waals surface area contributed by atoms with E-state index < -0.39 is 10.0 Å². The van der Waals surface area contributed by atoms with Crippen LogP contribution in [0.5, 0.6) is 0 Å². The molecule has 138 valence electrons. The zero-order valence-corrected chi connectivity index (χ0v) is 15.8. The Morgan fingerprint density at radius 1 is 1.00 bits per heavy atom. The van der Waals surface area contributed by atoms with Gasteiger partial charge in [0.25, 0.3) is 0 Å². The normalized spacial score (nSPS) is 18.8. The minimum Gasteiger partial charge on any atom is -0.255 e. The molecule has 1 aromatic heterocycles. The number of primary sulfonamides is 1. The van der Waals surface area contributed by atoms with Crippen molar-refractivity contribution in [1.29, 1.82) is 5.26 Å². The minimum atomic E-state index is -3.70. The molecule has 2 aromatic rings. The highest BCUT2D eigenvalue weighted by molar-refractivity contribution is 7.89. The summed E-state index contributed by atoms with van der Waals surface area (Å²) in [7, 11) is -3.70. The van der Waals surface area contributed by atoms with Crippen LogP contribution in [0.15, 0.2) is 47.5 Å². The van der Waals surface area contributed by atoms with E-state index in [-0.39, 0.29) is 4.90 Å². The zero-order chi connectivity index (χ0) is 19.1. The van der Waals surface area contributed by atoms with E-state index in [1.165, 1.54) is 36.8 Å². The van der Waals surface area contributed by atoms with Crippen molar-refractivity contribution in [2.45, 2.75) is 43.4 Å². The Balaban J connectivity index is 1.77. The summed E-state index contributed by atoms with van der Waals surface area (Å²) in [6.07, 6.45) is 8.52. The van der Waals surface area contributed by atoms with Crippen LogP contribution in [0.4, 0.5) is 0 Å². The molecule has 0 aliphatic heterocycles. The molecule has 0 amide bonds. The number of hydrogen-bond donors (Lipinski definition) is 1. The van der Waals surface area contributed by atoms with E-state index >= 15 is 0 Å². The molecule has 2 aliphatic rings. The monoisotopic (exact) mass is 379 g/mol. The molecule has 1 spiro atoms. The van der Waals surface area contributed by atoms with Crippen molar-refractivity contribution in [2.75, 3.05) is 0 Å². The predicted molar refractivity (Wildman–Crippen MR) is 104 cm³/mol. The Kier molecular flexibility index (Phi) is 4.37. The first-order valence-electron chi connectivity index (χ1n) is 9.12. The number of pyridine rings is 1. The van der Waals surface area contributed by atoms with Gasteiger partial charge in [-0.05, 0) is 72.1 Å². The third kappa shape index (κ3) is 3.41. The van der Waals surface area contributed by atoms with Gasteiger partial charge >= 0.3 is 0 Å². The Hall–Kier alpha value is -2.49. The second-order valence-electron chi connectivity index (χ2n) is 7.63. The molecule has 4 rings (SSSR count). The van der Waals surface area contributed by atoms with E-state index in [2.05, 4.69) is 11.1 Å². The fraction of sp³-hybridized carbons (Fsp3) is 0.333. The smallest absolute Gasteiger partial charge is 0.238 e. The maximum absolute atomic E-state index is 11.5. The van der Waals surface area contributed by atoms with Gasteiger partial charge in [-0.3, -0.25) is 4.98 Å². The molecule has 2 aliphatic carbocycles. The number of rotatable bonds is 3. The molecular formula is C21H21N3O2S. The fourth-order valence-corrected chi connectivity index (χ4v) is 5.03. The lowest BCUT2D eigenvalue weighted by molar-refractivity contribution is 0.329. The van der Waals surface area contributed by atoms with Gasteiger partial charge in [0.15, 0.2) is 0 Å². The highest BCUT2D eigenvalue weighted by Crippen LogP contribution is 2.57. The standard InChI is InChI=1S/C21H21N3O2S/c22-13-15-3-8-20(24-14-15)19-12-21(9-1-2-10-21)11-18(19)16-4-6-17(7-5-16)27(23,25)26/h3-8,14H,1-2,9-12H2,(H2,23,25,26). The van der Waals surface area contributed by atoms with Gasteiger partial charge in [-0.25, -0.2) is 13.6 Å². The Morgan fingerprint density at radius 3 is 2.22 bits per heavy atom. The summed E-state index contributed by atoms with van der Waals surface area (Å²) in [5.74, 6) is 0.